The lowest BCUT2D eigenvalue weighted by Gasteiger charge is -2.20. The second-order valence-corrected chi connectivity index (χ2v) is 20.0. The second kappa shape index (κ2) is 55.7. The number of aliphatic hydroxyl groups excluding tert-OH is 2. The first-order valence-corrected chi connectivity index (χ1v) is 29.3. The van der Waals surface area contributed by atoms with Crippen molar-refractivity contribution >= 4 is 11.9 Å². The van der Waals surface area contributed by atoms with Crippen molar-refractivity contribution < 1.29 is 24.5 Å². The van der Waals surface area contributed by atoms with Crippen molar-refractivity contribution in [2.45, 2.75) is 321 Å². The Morgan fingerprint density at radius 1 is 0.424 bits per heavy atom. The Morgan fingerprint density at radius 2 is 0.758 bits per heavy atom. The molecule has 6 nitrogen and oxygen atoms in total. The molecule has 0 spiro atoms. The Bertz CT molecular complexity index is 1070. The van der Waals surface area contributed by atoms with E-state index in [1.165, 1.54) is 218 Å². The summed E-state index contributed by atoms with van der Waals surface area (Å²) < 4.78 is 5.47. The zero-order valence-electron chi connectivity index (χ0n) is 44.2. The summed E-state index contributed by atoms with van der Waals surface area (Å²) in [4.78, 5) is 24.6. The molecule has 0 aliphatic carbocycles. The van der Waals surface area contributed by atoms with E-state index in [0.717, 1.165) is 64.2 Å². The first-order valence-electron chi connectivity index (χ1n) is 29.3. The Kier molecular flexibility index (Phi) is 54.1. The molecular weight excluding hydrogens is 815 g/mol. The Balaban J connectivity index is 3.51. The number of aliphatic hydroxyl groups is 2. The van der Waals surface area contributed by atoms with Gasteiger partial charge < -0.3 is 20.3 Å². The molecule has 0 aromatic carbocycles. The lowest BCUT2D eigenvalue weighted by atomic mass is 10.0. The van der Waals surface area contributed by atoms with E-state index in [4.69, 9.17) is 4.74 Å². The summed E-state index contributed by atoms with van der Waals surface area (Å²) in [6.45, 7) is 4.83. The van der Waals surface area contributed by atoms with Gasteiger partial charge in [0.25, 0.3) is 0 Å². The lowest BCUT2D eigenvalue weighted by molar-refractivity contribution is -0.143. The van der Waals surface area contributed by atoms with Crippen LogP contribution in [0.15, 0.2) is 36.5 Å². The number of carbonyl (C=O) groups is 2. The fraction of sp³-hybridized carbons (Fsp3) is 0.867. The minimum absolute atomic E-state index is 0.0306. The van der Waals surface area contributed by atoms with E-state index in [-0.39, 0.29) is 18.5 Å². The van der Waals surface area contributed by atoms with Gasteiger partial charge in [-0.2, -0.15) is 0 Å². The van der Waals surface area contributed by atoms with E-state index in [0.29, 0.717) is 19.4 Å². The molecule has 0 aliphatic heterocycles. The maximum Gasteiger partial charge on any atom is 0.305 e. The molecular formula is C60H113NO5. The Hall–Kier alpha value is -1.92. The van der Waals surface area contributed by atoms with Crippen molar-refractivity contribution in [3.63, 3.8) is 0 Å². The largest absolute Gasteiger partial charge is 0.466 e. The van der Waals surface area contributed by atoms with Gasteiger partial charge in [0, 0.05) is 12.8 Å². The van der Waals surface area contributed by atoms with Gasteiger partial charge in [-0.25, -0.2) is 0 Å². The number of hydrogen-bond acceptors (Lipinski definition) is 5. The molecule has 0 aliphatic rings. The fourth-order valence-electron chi connectivity index (χ4n) is 8.90. The summed E-state index contributed by atoms with van der Waals surface area (Å²) in [5, 5.41) is 23.2. The highest BCUT2D eigenvalue weighted by atomic mass is 16.5. The molecule has 0 radical (unpaired) electrons. The van der Waals surface area contributed by atoms with Gasteiger partial charge in [-0.15, -0.1) is 0 Å². The summed E-state index contributed by atoms with van der Waals surface area (Å²) in [5.41, 5.74) is 0. The van der Waals surface area contributed by atoms with E-state index in [9.17, 15) is 19.8 Å². The minimum atomic E-state index is -0.864. The van der Waals surface area contributed by atoms with Crippen LogP contribution in [0.2, 0.25) is 0 Å². The first kappa shape index (κ1) is 64.1. The van der Waals surface area contributed by atoms with Gasteiger partial charge in [-0.05, 0) is 64.2 Å². The SMILES string of the molecule is CCCCC/C=C\C/C=C\CCCCCCCCCCCC(=O)OCCCCCCCCCCCC(=O)NC(CO)C(O)/C=C/CCCCCCCCCCCCCCCCCCCCC. The van der Waals surface area contributed by atoms with Crippen molar-refractivity contribution in [1.29, 1.82) is 0 Å². The van der Waals surface area contributed by atoms with Gasteiger partial charge in [-0.3, -0.25) is 9.59 Å². The number of esters is 1. The molecule has 3 N–H and O–H groups in total. The average molecular weight is 929 g/mol. The van der Waals surface area contributed by atoms with E-state index in [2.05, 4.69) is 43.5 Å². The predicted molar refractivity (Wildman–Crippen MR) is 287 cm³/mol. The van der Waals surface area contributed by atoms with Crippen molar-refractivity contribution in [2.24, 2.45) is 0 Å². The molecule has 0 fully saturated rings. The summed E-state index contributed by atoms with van der Waals surface area (Å²) in [7, 11) is 0. The number of hydrogen-bond donors (Lipinski definition) is 3. The van der Waals surface area contributed by atoms with Crippen LogP contribution in [-0.2, 0) is 14.3 Å². The van der Waals surface area contributed by atoms with Crippen molar-refractivity contribution in [3.8, 4) is 0 Å². The Labute approximate surface area is 411 Å². The Morgan fingerprint density at radius 3 is 1.18 bits per heavy atom. The van der Waals surface area contributed by atoms with Crippen LogP contribution in [0.5, 0.6) is 0 Å². The van der Waals surface area contributed by atoms with Crippen LogP contribution in [0.4, 0.5) is 0 Å². The quantitative estimate of drug-likeness (QED) is 0.0321. The monoisotopic (exact) mass is 928 g/mol. The summed E-state index contributed by atoms with van der Waals surface area (Å²) >= 11 is 0. The van der Waals surface area contributed by atoms with E-state index < -0.39 is 12.1 Å². The maximum absolute atomic E-state index is 12.5. The molecule has 0 aromatic heterocycles. The van der Waals surface area contributed by atoms with Gasteiger partial charge in [0.2, 0.25) is 5.91 Å². The van der Waals surface area contributed by atoms with Crippen LogP contribution in [-0.4, -0.2) is 47.4 Å². The van der Waals surface area contributed by atoms with Crippen molar-refractivity contribution in [2.75, 3.05) is 13.2 Å². The van der Waals surface area contributed by atoms with Crippen LogP contribution < -0.4 is 5.32 Å². The second-order valence-electron chi connectivity index (χ2n) is 20.0. The zero-order chi connectivity index (χ0) is 47.9. The molecule has 0 bridgehead atoms. The molecule has 2 atom stereocenters. The third kappa shape index (κ3) is 51.5. The zero-order valence-corrected chi connectivity index (χ0v) is 44.2. The minimum Gasteiger partial charge on any atom is -0.466 e. The standard InChI is InChI=1S/C60H113NO5/c1-3-5-7-9-11-13-15-17-19-21-23-24-26-27-29-31-33-36-40-44-48-52-58(63)57(56-62)61-59(64)53-49-45-41-37-35-39-43-47-51-55-66-60(65)54-50-46-42-38-34-32-30-28-25-22-20-18-16-14-12-10-8-6-4-2/h12,14,18,20,48,52,57-58,62-63H,3-11,13,15-17,19,21-47,49-51,53-56H2,1-2H3,(H,61,64)/b14-12-,20-18-,52-48+. The molecule has 0 saturated carbocycles. The van der Waals surface area contributed by atoms with Crippen LogP contribution >= 0.6 is 0 Å². The number of ether oxygens (including phenoxy) is 1. The fourth-order valence-corrected chi connectivity index (χ4v) is 8.90. The highest BCUT2D eigenvalue weighted by Gasteiger charge is 2.18. The number of rotatable bonds is 54. The predicted octanol–water partition coefficient (Wildman–Crippen LogP) is 18.0. The molecule has 388 valence electrons. The van der Waals surface area contributed by atoms with Crippen LogP contribution in [0.3, 0.4) is 0 Å². The van der Waals surface area contributed by atoms with Gasteiger partial charge in [0.1, 0.15) is 0 Å². The molecule has 2 unspecified atom stereocenters. The van der Waals surface area contributed by atoms with Crippen LogP contribution in [0, 0.1) is 0 Å². The van der Waals surface area contributed by atoms with Crippen molar-refractivity contribution in [3.05, 3.63) is 36.5 Å². The molecule has 6 heteroatoms. The normalized spacial score (nSPS) is 12.8. The maximum atomic E-state index is 12.5. The van der Waals surface area contributed by atoms with Gasteiger partial charge >= 0.3 is 5.97 Å². The molecule has 0 aromatic rings. The summed E-state index contributed by atoms with van der Waals surface area (Å²) in [6.07, 6.45) is 68.7. The van der Waals surface area contributed by atoms with E-state index >= 15 is 0 Å². The molecule has 1 amide bonds. The highest BCUT2D eigenvalue weighted by Crippen LogP contribution is 2.17. The number of nitrogens with one attached hydrogen (secondary N) is 1. The summed E-state index contributed by atoms with van der Waals surface area (Å²) in [6, 6.07) is -0.650. The molecule has 66 heavy (non-hydrogen) atoms. The molecule has 0 rings (SSSR count). The highest BCUT2D eigenvalue weighted by molar-refractivity contribution is 5.76. The average Bonchev–Trinajstić information content (AvgIpc) is 3.32. The summed E-state index contributed by atoms with van der Waals surface area (Å²) in [5.74, 6) is -0.124. The number of amides is 1. The lowest BCUT2D eigenvalue weighted by Crippen LogP contribution is -2.45. The van der Waals surface area contributed by atoms with Gasteiger partial charge in [0.15, 0.2) is 0 Å². The van der Waals surface area contributed by atoms with E-state index in [1.54, 1.807) is 6.08 Å². The number of carbonyl (C=O) groups excluding carboxylic acids is 2. The number of allylic oxidation sites excluding steroid dienone is 5. The molecule has 0 saturated heterocycles. The van der Waals surface area contributed by atoms with Gasteiger partial charge in [-0.1, -0.05) is 269 Å². The number of unbranched alkanes of at least 4 members (excludes halogenated alkanes) is 39. The molecule has 0 heterocycles. The topological polar surface area (TPSA) is 95.9 Å². The first-order chi connectivity index (χ1) is 32.5. The smallest absolute Gasteiger partial charge is 0.305 e. The van der Waals surface area contributed by atoms with Crippen molar-refractivity contribution in [1.82, 2.24) is 5.32 Å². The van der Waals surface area contributed by atoms with E-state index in [1.807, 2.05) is 6.08 Å². The van der Waals surface area contributed by atoms with Crippen LogP contribution in [0.25, 0.3) is 0 Å². The third-order valence-electron chi connectivity index (χ3n) is 13.4. The van der Waals surface area contributed by atoms with Gasteiger partial charge in [0.05, 0.1) is 25.4 Å². The van der Waals surface area contributed by atoms with Crippen LogP contribution in [0.1, 0.15) is 309 Å². The third-order valence-corrected chi connectivity index (χ3v) is 13.4.